The Bertz CT molecular complexity index is 280. The van der Waals surface area contributed by atoms with E-state index in [1.807, 2.05) is 0 Å². The molecule has 0 unspecified atom stereocenters. The first kappa shape index (κ1) is 10.7. The predicted octanol–water partition coefficient (Wildman–Crippen LogP) is 2.54. The number of azide groups is 2. The Morgan fingerprint density at radius 1 is 1.21 bits per heavy atom. The molecule has 1 saturated carbocycles. The number of ether oxygens (including phenoxy) is 1. The number of hydrogen-bond donors (Lipinski definition) is 0. The highest BCUT2D eigenvalue weighted by Crippen LogP contribution is 2.26. The van der Waals surface area contributed by atoms with Crippen LogP contribution in [0.2, 0.25) is 0 Å². The first-order valence-electron chi connectivity index (χ1n) is 4.44. The molecule has 0 aromatic carbocycles. The summed E-state index contributed by atoms with van der Waals surface area (Å²) in [6.45, 7) is 0. The van der Waals surface area contributed by atoms with Gasteiger partial charge in [-0.1, -0.05) is 16.6 Å². The fourth-order valence-corrected chi connectivity index (χ4v) is 1.78. The number of methoxy groups -OCH3 is 1. The average molecular weight is 196 g/mol. The van der Waals surface area contributed by atoms with E-state index in [9.17, 15) is 0 Å². The monoisotopic (exact) mass is 196 g/mol. The number of nitrogens with zero attached hydrogens (tertiary/aromatic N) is 6. The van der Waals surface area contributed by atoms with Gasteiger partial charge in [0.2, 0.25) is 0 Å². The normalized spacial score (nSPS) is 31.4. The van der Waals surface area contributed by atoms with Gasteiger partial charge in [-0.2, -0.15) is 0 Å². The zero-order valence-electron chi connectivity index (χ0n) is 7.94. The molecule has 0 N–H and O–H groups in total. The van der Waals surface area contributed by atoms with Crippen LogP contribution in [0.4, 0.5) is 0 Å². The van der Waals surface area contributed by atoms with Crippen LogP contribution < -0.4 is 0 Å². The number of rotatable bonds is 3. The summed E-state index contributed by atoms with van der Waals surface area (Å²) in [6, 6.07) is -0.635. The fourth-order valence-electron chi connectivity index (χ4n) is 1.78. The van der Waals surface area contributed by atoms with Crippen molar-refractivity contribution < 1.29 is 4.74 Å². The molecule has 1 fully saturated rings. The molecular weight excluding hydrogens is 184 g/mol. The van der Waals surface area contributed by atoms with Crippen molar-refractivity contribution in [2.45, 2.75) is 37.5 Å². The van der Waals surface area contributed by atoms with Crippen LogP contribution >= 0.6 is 0 Å². The highest BCUT2D eigenvalue weighted by atomic mass is 16.5. The first-order chi connectivity index (χ1) is 6.83. The Balaban J connectivity index is 2.81. The van der Waals surface area contributed by atoms with Gasteiger partial charge in [-0.25, -0.2) is 0 Å². The Morgan fingerprint density at radius 3 is 2.50 bits per heavy atom. The molecule has 0 aromatic rings. The van der Waals surface area contributed by atoms with Gasteiger partial charge in [-0.3, -0.25) is 0 Å². The molecule has 0 spiro atoms. The van der Waals surface area contributed by atoms with E-state index in [0.717, 1.165) is 19.3 Å². The molecule has 1 aliphatic rings. The zero-order valence-corrected chi connectivity index (χ0v) is 7.94. The van der Waals surface area contributed by atoms with Crippen LogP contribution in [0.25, 0.3) is 20.9 Å². The van der Waals surface area contributed by atoms with Crippen LogP contribution in [0, 0.1) is 0 Å². The highest BCUT2D eigenvalue weighted by Gasteiger charge is 2.31. The van der Waals surface area contributed by atoms with Crippen LogP contribution in [0.1, 0.15) is 19.3 Å². The second-order valence-corrected chi connectivity index (χ2v) is 3.17. The highest BCUT2D eigenvalue weighted by molar-refractivity contribution is 4.93. The third-order valence-electron chi connectivity index (χ3n) is 2.45. The summed E-state index contributed by atoms with van der Waals surface area (Å²) in [5.41, 5.74) is 16.7. The average Bonchev–Trinajstić information content (AvgIpc) is 2.21. The summed E-state index contributed by atoms with van der Waals surface area (Å²) < 4.78 is 5.18. The predicted molar refractivity (Wildman–Crippen MR) is 50.5 cm³/mol. The summed E-state index contributed by atoms with van der Waals surface area (Å²) in [6.07, 6.45) is 2.40. The second-order valence-electron chi connectivity index (χ2n) is 3.17. The maximum absolute atomic E-state index is 8.39. The zero-order chi connectivity index (χ0) is 10.4. The molecule has 14 heavy (non-hydrogen) atoms. The second kappa shape index (κ2) is 5.34. The smallest absolute Gasteiger partial charge is 0.0720 e. The Kier molecular flexibility index (Phi) is 4.07. The SMILES string of the molecule is CO[C@H]1CCC[C@@H](N=[N+]=[N-])[C@H]1N=[N+]=[N-]. The first-order valence-corrected chi connectivity index (χ1v) is 4.44. The van der Waals surface area contributed by atoms with Crippen LogP contribution in [0.15, 0.2) is 10.2 Å². The van der Waals surface area contributed by atoms with E-state index >= 15 is 0 Å². The molecule has 1 rings (SSSR count). The van der Waals surface area contributed by atoms with Crippen molar-refractivity contribution in [1.29, 1.82) is 0 Å². The topological polar surface area (TPSA) is 107 Å². The fraction of sp³-hybridized carbons (Fsp3) is 1.00. The minimum Gasteiger partial charge on any atom is -0.381 e. The summed E-state index contributed by atoms with van der Waals surface area (Å²) in [7, 11) is 1.57. The lowest BCUT2D eigenvalue weighted by molar-refractivity contribution is 0.0473. The van der Waals surface area contributed by atoms with E-state index in [-0.39, 0.29) is 18.2 Å². The molecular formula is C7H12N6O. The molecule has 0 saturated heterocycles. The van der Waals surface area contributed by atoms with Crippen molar-refractivity contribution in [3.63, 3.8) is 0 Å². The lowest BCUT2D eigenvalue weighted by Crippen LogP contribution is -2.39. The third kappa shape index (κ3) is 2.29. The van der Waals surface area contributed by atoms with Gasteiger partial charge in [0.05, 0.1) is 12.1 Å². The van der Waals surface area contributed by atoms with Crippen molar-refractivity contribution in [2.75, 3.05) is 7.11 Å². The molecule has 76 valence electrons. The van der Waals surface area contributed by atoms with Gasteiger partial charge in [0.15, 0.2) is 0 Å². The Labute approximate surface area is 81.3 Å². The standard InChI is InChI=1S/C7H12N6O/c1-14-6-4-2-3-5(10-12-8)7(6)11-13-9/h5-7H,2-4H2,1H3/t5-,6+,7-/m1/s1. The van der Waals surface area contributed by atoms with Gasteiger partial charge in [-0.15, -0.1) is 0 Å². The maximum Gasteiger partial charge on any atom is 0.0720 e. The summed E-state index contributed by atoms with van der Waals surface area (Å²) >= 11 is 0. The van der Waals surface area contributed by atoms with Crippen molar-refractivity contribution in [1.82, 2.24) is 0 Å². The van der Waals surface area contributed by atoms with Gasteiger partial charge < -0.3 is 4.74 Å². The van der Waals surface area contributed by atoms with E-state index in [4.69, 9.17) is 15.8 Å². The Hall–Kier alpha value is -1.42. The minimum absolute atomic E-state index is 0.129. The molecule has 3 atom stereocenters. The third-order valence-corrected chi connectivity index (χ3v) is 2.45. The van der Waals surface area contributed by atoms with Gasteiger partial charge in [0.25, 0.3) is 0 Å². The van der Waals surface area contributed by atoms with Crippen molar-refractivity contribution in [2.24, 2.45) is 10.2 Å². The van der Waals surface area contributed by atoms with E-state index < -0.39 is 0 Å². The molecule has 0 amide bonds. The van der Waals surface area contributed by atoms with Crippen LogP contribution in [0.3, 0.4) is 0 Å². The van der Waals surface area contributed by atoms with Gasteiger partial charge in [0.1, 0.15) is 0 Å². The lowest BCUT2D eigenvalue weighted by atomic mass is 9.89. The molecule has 0 aliphatic heterocycles. The molecule has 0 heterocycles. The van der Waals surface area contributed by atoms with Crippen molar-refractivity contribution in [3.05, 3.63) is 20.9 Å². The quantitative estimate of drug-likeness (QED) is 0.386. The van der Waals surface area contributed by atoms with E-state index in [1.54, 1.807) is 7.11 Å². The molecule has 7 heteroatoms. The van der Waals surface area contributed by atoms with Gasteiger partial charge in [0, 0.05) is 23.0 Å². The molecule has 0 radical (unpaired) electrons. The van der Waals surface area contributed by atoms with E-state index in [2.05, 4.69) is 20.1 Å². The lowest BCUT2D eigenvalue weighted by Gasteiger charge is -2.31. The summed E-state index contributed by atoms with van der Waals surface area (Å²) in [4.78, 5) is 5.50. The van der Waals surface area contributed by atoms with Gasteiger partial charge >= 0.3 is 0 Å². The molecule has 7 nitrogen and oxygen atoms in total. The number of hydrogen-bond acceptors (Lipinski definition) is 3. The summed E-state index contributed by atoms with van der Waals surface area (Å²) in [5, 5.41) is 7.24. The summed E-state index contributed by atoms with van der Waals surface area (Å²) in [5.74, 6) is 0. The van der Waals surface area contributed by atoms with Crippen molar-refractivity contribution >= 4 is 0 Å². The molecule has 1 aliphatic carbocycles. The van der Waals surface area contributed by atoms with Crippen LogP contribution in [-0.2, 0) is 4.74 Å². The molecule has 0 bridgehead atoms. The van der Waals surface area contributed by atoms with Crippen LogP contribution in [-0.4, -0.2) is 25.3 Å². The largest absolute Gasteiger partial charge is 0.381 e. The Morgan fingerprint density at radius 2 is 1.93 bits per heavy atom. The van der Waals surface area contributed by atoms with Crippen LogP contribution in [0.5, 0.6) is 0 Å². The van der Waals surface area contributed by atoms with E-state index in [1.165, 1.54) is 0 Å². The van der Waals surface area contributed by atoms with Crippen molar-refractivity contribution in [3.8, 4) is 0 Å². The van der Waals surface area contributed by atoms with E-state index in [0.29, 0.717) is 0 Å². The minimum atomic E-state index is -0.366. The maximum atomic E-state index is 8.39. The molecule has 0 aromatic heterocycles. The van der Waals surface area contributed by atoms with Gasteiger partial charge in [-0.05, 0) is 23.9 Å².